The minimum absolute atomic E-state index is 0.0300. The van der Waals surface area contributed by atoms with E-state index < -0.39 is 5.41 Å². The third-order valence-electron chi connectivity index (χ3n) is 3.13. The molecule has 1 saturated heterocycles. The zero-order valence-corrected chi connectivity index (χ0v) is 10.8. The zero-order valence-electron chi connectivity index (χ0n) is 10.8. The van der Waals surface area contributed by atoms with Crippen LogP contribution in [0.15, 0.2) is 12.7 Å². The summed E-state index contributed by atoms with van der Waals surface area (Å²) >= 11 is 0. The number of Topliss-reactive ketones (excluding diaryl/α,β-unsaturated/α-hetero) is 1. The Labute approximate surface area is 98.3 Å². The Kier molecular flexibility index (Phi) is 6.01. The van der Waals surface area contributed by atoms with E-state index in [1.54, 1.807) is 6.08 Å². The maximum Gasteiger partial charge on any atom is 0.233 e. The van der Waals surface area contributed by atoms with Gasteiger partial charge in [-0.05, 0) is 19.8 Å². The Morgan fingerprint density at radius 3 is 2.19 bits per heavy atom. The number of nitrogens with one attached hydrogen (secondary N) is 1. The molecule has 1 fully saturated rings. The lowest BCUT2D eigenvalue weighted by Crippen LogP contribution is -2.55. The van der Waals surface area contributed by atoms with Gasteiger partial charge in [0.15, 0.2) is 5.78 Å². The standard InChI is InChI=1S/C10H17NO2.C3H6/c1-4-10(5-2)8(12)7(3)6-11-9(10)13;1-3-2/h7H,4-6H2,1-3H3,(H,11,13);3H,1H2,2H3/t7-;/m1./s1. The van der Waals surface area contributed by atoms with E-state index >= 15 is 0 Å². The van der Waals surface area contributed by atoms with Crippen molar-refractivity contribution in [1.82, 2.24) is 5.32 Å². The van der Waals surface area contributed by atoms with Gasteiger partial charge in [0, 0.05) is 12.5 Å². The van der Waals surface area contributed by atoms with Crippen LogP contribution in [0.3, 0.4) is 0 Å². The van der Waals surface area contributed by atoms with Gasteiger partial charge in [0.05, 0.1) is 0 Å². The lowest BCUT2D eigenvalue weighted by Gasteiger charge is -2.35. The van der Waals surface area contributed by atoms with Gasteiger partial charge < -0.3 is 5.32 Å². The molecule has 1 N–H and O–H groups in total. The van der Waals surface area contributed by atoms with E-state index in [-0.39, 0.29) is 17.6 Å². The fourth-order valence-corrected chi connectivity index (χ4v) is 2.01. The van der Waals surface area contributed by atoms with E-state index in [0.717, 1.165) is 0 Å². The molecule has 1 rings (SSSR count). The van der Waals surface area contributed by atoms with Crippen LogP contribution < -0.4 is 5.32 Å². The highest BCUT2D eigenvalue weighted by Gasteiger charge is 2.47. The smallest absolute Gasteiger partial charge is 0.233 e. The van der Waals surface area contributed by atoms with Crippen LogP contribution in [0.2, 0.25) is 0 Å². The lowest BCUT2D eigenvalue weighted by molar-refractivity contribution is -0.148. The van der Waals surface area contributed by atoms with Crippen LogP contribution in [0.4, 0.5) is 0 Å². The fourth-order valence-electron chi connectivity index (χ4n) is 2.01. The molecular formula is C13H23NO2. The SMILES string of the molecule is C=CC.CCC1(CC)C(=O)NC[C@@H](C)C1=O. The van der Waals surface area contributed by atoms with E-state index in [2.05, 4.69) is 11.9 Å². The maximum atomic E-state index is 11.9. The van der Waals surface area contributed by atoms with Crippen molar-refractivity contribution in [2.75, 3.05) is 6.54 Å². The van der Waals surface area contributed by atoms with Gasteiger partial charge >= 0.3 is 0 Å². The van der Waals surface area contributed by atoms with Gasteiger partial charge in [0.2, 0.25) is 5.91 Å². The van der Waals surface area contributed by atoms with Crippen LogP contribution in [0.5, 0.6) is 0 Å². The van der Waals surface area contributed by atoms with Gasteiger partial charge in [-0.15, -0.1) is 6.58 Å². The zero-order chi connectivity index (χ0) is 12.8. The van der Waals surface area contributed by atoms with Crippen LogP contribution in [-0.2, 0) is 9.59 Å². The first kappa shape index (κ1) is 14.9. The molecule has 3 nitrogen and oxygen atoms in total. The summed E-state index contributed by atoms with van der Waals surface area (Å²) in [6.45, 7) is 11.4. The van der Waals surface area contributed by atoms with E-state index in [9.17, 15) is 9.59 Å². The van der Waals surface area contributed by atoms with Crippen molar-refractivity contribution in [3.63, 3.8) is 0 Å². The molecule has 1 aliphatic rings. The highest BCUT2D eigenvalue weighted by molar-refractivity contribution is 6.08. The summed E-state index contributed by atoms with van der Waals surface area (Å²) in [6, 6.07) is 0. The second kappa shape index (κ2) is 6.46. The van der Waals surface area contributed by atoms with Gasteiger partial charge in [-0.3, -0.25) is 9.59 Å². The van der Waals surface area contributed by atoms with Gasteiger partial charge in [-0.2, -0.15) is 0 Å². The normalized spacial score (nSPS) is 22.9. The molecule has 0 aromatic heterocycles. The summed E-state index contributed by atoms with van der Waals surface area (Å²) in [5.41, 5.74) is -0.738. The largest absolute Gasteiger partial charge is 0.355 e. The summed E-state index contributed by atoms with van der Waals surface area (Å²) in [5.74, 6) is -0.000509. The summed E-state index contributed by atoms with van der Waals surface area (Å²) in [7, 11) is 0. The van der Waals surface area contributed by atoms with E-state index in [1.807, 2.05) is 27.7 Å². The van der Waals surface area contributed by atoms with Crippen molar-refractivity contribution < 1.29 is 9.59 Å². The first-order valence-corrected chi connectivity index (χ1v) is 5.89. The van der Waals surface area contributed by atoms with Crippen LogP contribution in [0, 0.1) is 11.3 Å². The molecule has 0 aliphatic carbocycles. The third kappa shape index (κ3) is 2.71. The van der Waals surface area contributed by atoms with Crippen molar-refractivity contribution in [2.24, 2.45) is 11.3 Å². The number of hydrogen-bond acceptors (Lipinski definition) is 2. The number of carbonyl (C=O) groups is 2. The van der Waals surface area contributed by atoms with Gasteiger partial charge in [0.1, 0.15) is 5.41 Å². The van der Waals surface area contributed by atoms with Crippen LogP contribution in [0.25, 0.3) is 0 Å². The molecular weight excluding hydrogens is 202 g/mol. The number of hydrogen-bond donors (Lipinski definition) is 1. The minimum atomic E-state index is -0.738. The quantitative estimate of drug-likeness (QED) is 0.579. The second-order valence-electron chi connectivity index (χ2n) is 4.17. The molecule has 1 aliphatic heterocycles. The first-order valence-electron chi connectivity index (χ1n) is 5.89. The third-order valence-corrected chi connectivity index (χ3v) is 3.13. The van der Waals surface area contributed by atoms with Crippen molar-refractivity contribution in [1.29, 1.82) is 0 Å². The average molecular weight is 225 g/mol. The average Bonchev–Trinajstić information content (AvgIpc) is 2.27. The van der Waals surface area contributed by atoms with Crippen LogP contribution >= 0.6 is 0 Å². The Hall–Kier alpha value is -1.12. The molecule has 16 heavy (non-hydrogen) atoms. The molecule has 0 spiro atoms. The molecule has 0 unspecified atom stereocenters. The molecule has 0 aromatic rings. The van der Waals surface area contributed by atoms with Crippen LogP contribution in [-0.4, -0.2) is 18.2 Å². The second-order valence-corrected chi connectivity index (χ2v) is 4.17. The first-order chi connectivity index (χ1) is 7.49. The number of amides is 1. The topological polar surface area (TPSA) is 46.2 Å². The molecule has 0 bridgehead atoms. The predicted octanol–water partition coefficient (Wildman–Crippen LogP) is 2.32. The summed E-state index contributed by atoms with van der Waals surface area (Å²) in [6.07, 6.45) is 2.97. The van der Waals surface area contributed by atoms with E-state index in [1.165, 1.54) is 0 Å². The lowest BCUT2D eigenvalue weighted by atomic mass is 9.71. The molecule has 0 radical (unpaired) electrons. The molecule has 1 atom stereocenters. The molecule has 1 amide bonds. The summed E-state index contributed by atoms with van der Waals surface area (Å²) < 4.78 is 0. The number of allylic oxidation sites excluding steroid dienone is 1. The van der Waals surface area contributed by atoms with Crippen molar-refractivity contribution in [2.45, 2.75) is 40.5 Å². The van der Waals surface area contributed by atoms with Crippen molar-refractivity contribution in [3.05, 3.63) is 12.7 Å². The van der Waals surface area contributed by atoms with E-state index in [0.29, 0.717) is 19.4 Å². The van der Waals surface area contributed by atoms with Crippen molar-refractivity contribution >= 4 is 11.7 Å². The highest BCUT2D eigenvalue weighted by Crippen LogP contribution is 2.33. The molecule has 0 aromatic carbocycles. The Morgan fingerprint density at radius 2 is 1.88 bits per heavy atom. The van der Waals surface area contributed by atoms with Gasteiger partial charge in [-0.25, -0.2) is 0 Å². The number of carbonyl (C=O) groups excluding carboxylic acids is 2. The monoisotopic (exact) mass is 225 g/mol. The molecule has 0 saturated carbocycles. The van der Waals surface area contributed by atoms with Gasteiger partial charge in [0.25, 0.3) is 0 Å². The Morgan fingerprint density at radius 1 is 1.44 bits per heavy atom. The number of piperidine rings is 1. The summed E-state index contributed by atoms with van der Waals surface area (Å²) in [4.78, 5) is 23.5. The van der Waals surface area contributed by atoms with Crippen LogP contribution in [0.1, 0.15) is 40.5 Å². The molecule has 92 valence electrons. The predicted molar refractivity (Wildman–Crippen MR) is 66.1 cm³/mol. The summed E-state index contributed by atoms with van der Waals surface area (Å²) in [5, 5.41) is 2.80. The fraction of sp³-hybridized carbons (Fsp3) is 0.692. The number of ketones is 1. The molecule has 1 heterocycles. The number of rotatable bonds is 2. The van der Waals surface area contributed by atoms with E-state index in [4.69, 9.17) is 0 Å². The molecule has 3 heteroatoms. The minimum Gasteiger partial charge on any atom is -0.355 e. The highest BCUT2D eigenvalue weighted by atomic mass is 16.2. The van der Waals surface area contributed by atoms with Gasteiger partial charge in [-0.1, -0.05) is 26.8 Å². The maximum absolute atomic E-state index is 11.9. The Balaban J connectivity index is 0.000000673. The van der Waals surface area contributed by atoms with Crippen molar-refractivity contribution in [3.8, 4) is 0 Å². The Bertz CT molecular complexity index is 267.